The third-order valence-corrected chi connectivity index (χ3v) is 3.52. The van der Waals surface area contributed by atoms with Crippen molar-refractivity contribution < 1.29 is 0 Å². The van der Waals surface area contributed by atoms with E-state index in [1.54, 1.807) is 0 Å². The highest BCUT2D eigenvalue weighted by molar-refractivity contribution is 5.81. The highest BCUT2D eigenvalue weighted by Crippen LogP contribution is 2.26. The summed E-state index contributed by atoms with van der Waals surface area (Å²) in [4.78, 5) is 6.78. The van der Waals surface area contributed by atoms with Gasteiger partial charge >= 0.3 is 0 Å². The Morgan fingerprint density at radius 2 is 2.06 bits per heavy atom. The van der Waals surface area contributed by atoms with Crippen LogP contribution in [0.2, 0.25) is 0 Å². The topological polar surface area (TPSA) is 41.6 Å². The van der Waals surface area contributed by atoms with Gasteiger partial charge in [0.2, 0.25) is 0 Å². The van der Waals surface area contributed by atoms with Gasteiger partial charge < -0.3 is 10.6 Å². The first-order valence-corrected chi connectivity index (χ1v) is 6.40. The second kappa shape index (κ2) is 5.21. The number of para-hydroxylation sites is 1. The van der Waals surface area contributed by atoms with Crippen molar-refractivity contribution in [1.29, 1.82) is 0 Å². The summed E-state index contributed by atoms with van der Waals surface area (Å²) in [7, 11) is 0. The van der Waals surface area contributed by atoms with Gasteiger partial charge in [0.1, 0.15) is 0 Å². The van der Waals surface area contributed by atoms with Crippen LogP contribution in [0.3, 0.4) is 0 Å². The molecular formula is C14H21N3. The molecule has 1 heterocycles. The molecule has 2 N–H and O–H groups in total. The first kappa shape index (κ1) is 12.0. The summed E-state index contributed by atoms with van der Waals surface area (Å²) in [6, 6.07) is 11.0. The molecule has 1 saturated heterocycles. The van der Waals surface area contributed by atoms with E-state index >= 15 is 0 Å². The van der Waals surface area contributed by atoms with E-state index in [1.165, 1.54) is 12.8 Å². The Morgan fingerprint density at radius 1 is 1.35 bits per heavy atom. The molecule has 0 aliphatic carbocycles. The number of nitrogens with zero attached hydrogens (tertiary/aromatic N) is 2. The zero-order chi connectivity index (χ0) is 12.3. The zero-order valence-electron chi connectivity index (χ0n) is 10.6. The van der Waals surface area contributed by atoms with E-state index in [0.29, 0.717) is 18.0 Å². The van der Waals surface area contributed by atoms with Gasteiger partial charge in [-0.3, -0.25) is 0 Å². The number of hydrogen-bond donors (Lipinski definition) is 1. The molecule has 0 amide bonds. The maximum atomic E-state index is 6.14. The van der Waals surface area contributed by atoms with Crippen molar-refractivity contribution in [3.63, 3.8) is 0 Å². The summed E-state index contributed by atoms with van der Waals surface area (Å²) < 4.78 is 0. The summed E-state index contributed by atoms with van der Waals surface area (Å²) in [5.74, 6) is 0.660. The molecule has 0 radical (unpaired) electrons. The fourth-order valence-electron chi connectivity index (χ4n) is 2.58. The number of nitrogens with two attached hydrogens (primary N) is 1. The van der Waals surface area contributed by atoms with E-state index in [9.17, 15) is 0 Å². The SMILES string of the molecule is CCC1CCC(C)N1C(N)=Nc1ccccc1. The average Bonchev–Trinajstić information content (AvgIpc) is 2.71. The largest absolute Gasteiger partial charge is 0.369 e. The number of rotatable bonds is 2. The van der Waals surface area contributed by atoms with Gasteiger partial charge in [0.15, 0.2) is 5.96 Å². The monoisotopic (exact) mass is 231 g/mol. The van der Waals surface area contributed by atoms with E-state index in [4.69, 9.17) is 5.73 Å². The van der Waals surface area contributed by atoms with Crippen LogP contribution in [0.1, 0.15) is 33.1 Å². The zero-order valence-corrected chi connectivity index (χ0v) is 10.6. The summed E-state index contributed by atoms with van der Waals surface area (Å²) >= 11 is 0. The van der Waals surface area contributed by atoms with Gasteiger partial charge in [0, 0.05) is 12.1 Å². The lowest BCUT2D eigenvalue weighted by atomic mass is 10.2. The van der Waals surface area contributed by atoms with Crippen LogP contribution in [0.15, 0.2) is 35.3 Å². The van der Waals surface area contributed by atoms with Crippen molar-refractivity contribution in [3.8, 4) is 0 Å². The van der Waals surface area contributed by atoms with Crippen LogP contribution < -0.4 is 5.73 Å². The fourth-order valence-corrected chi connectivity index (χ4v) is 2.58. The molecule has 1 aromatic rings. The van der Waals surface area contributed by atoms with Crippen molar-refractivity contribution in [3.05, 3.63) is 30.3 Å². The third kappa shape index (κ3) is 2.60. The van der Waals surface area contributed by atoms with Crippen molar-refractivity contribution >= 4 is 11.6 Å². The van der Waals surface area contributed by atoms with Gasteiger partial charge in [-0.2, -0.15) is 0 Å². The number of guanidine groups is 1. The maximum absolute atomic E-state index is 6.14. The van der Waals surface area contributed by atoms with Gasteiger partial charge in [-0.15, -0.1) is 0 Å². The number of aliphatic imine (C=N–C) groups is 1. The van der Waals surface area contributed by atoms with Crippen molar-refractivity contribution in [2.45, 2.75) is 45.2 Å². The molecule has 0 saturated carbocycles. The normalized spacial score (nSPS) is 25.3. The van der Waals surface area contributed by atoms with Crippen LogP contribution in [-0.4, -0.2) is 22.9 Å². The molecule has 17 heavy (non-hydrogen) atoms. The maximum Gasteiger partial charge on any atom is 0.196 e. The van der Waals surface area contributed by atoms with E-state index in [2.05, 4.69) is 23.7 Å². The van der Waals surface area contributed by atoms with Crippen LogP contribution in [0, 0.1) is 0 Å². The number of hydrogen-bond acceptors (Lipinski definition) is 1. The molecule has 92 valence electrons. The first-order chi connectivity index (χ1) is 8.22. The summed E-state index contributed by atoms with van der Waals surface area (Å²) in [6.07, 6.45) is 3.57. The number of benzene rings is 1. The Labute approximate surface area is 103 Å². The van der Waals surface area contributed by atoms with Gasteiger partial charge in [-0.05, 0) is 38.3 Å². The van der Waals surface area contributed by atoms with Crippen LogP contribution >= 0.6 is 0 Å². The second-order valence-corrected chi connectivity index (χ2v) is 4.70. The highest BCUT2D eigenvalue weighted by Gasteiger charge is 2.30. The molecule has 1 aromatic carbocycles. The molecule has 0 bridgehead atoms. The minimum Gasteiger partial charge on any atom is -0.369 e. The Bertz CT molecular complexity index is 386. The Kier molecular flexibility index (Phi) is 3.67. The molecule has 2 unspecified atom stereocenters. The number of likely N-dealkylation sites (tertiary alicyclic amines) is 1. The van der Waals surface area contributed by atoms with Crippen molar-refractivity contribution in [2.75, 3.05) is 0 Å². The van der Waals surface area contributed by atoms with Crippen LogP contribution in [0.25, 0.3) is 0 Å². The molecule has 3 nitrogen and oxygen atoms in total. The smallest absolute Gasteiger partial charge is 0.196 e. The van der Waals surface area contributed by atoms with E-state index in [1.807, 2.05) is 30.3 Å². The van der Waals surface area contributed by atoms with Crippen LogP contribution in [0.5, 0.6) is 0 Å². The fraction of sp³-hybridized carbons (Fsp3) is 0.500. The predicted molar refractivity (Wildman–Crippen MR) is 72.3 cm³/mol. The van der Waals surface area contributed by atoms with Gasteiger partial charge in [-0.1, -0.05) is 25.1 Å². The molecule has 1 aliphatic rings. The highest BCUT2D eigenvalue weighted by atomic mass is 15.3. The van der Waals surface area contributed by atoms with Crippen molar-refractivity contribution in [1.82, 2.24) is 4.90 Å². The van der Waals surface area contributed by atoms with Crippen LogP contribution in [-0.2, 0) is 0 Å². The standard InChI is InChI=1S/C14H21N3/c1-3-13-10-9-11(2)17(13)14(15)16-12-7-5-4-6-8-12/h4-8,11,13H,3,9-10H2,1-2H3,(H2,15,16). The summed E-state index contributed by atoms with van der Waals surface area (Å²) in [5, 5.41) is 0. The predicted octanol–water partition coefficient (Wildman–Crippen LogP) is 2.90. The second-order valence-electron chi connectivity index (χ2n) is 4.70. The molecule has 3 heteroatoms. The van der Waals surface area contributed by atoms with Gasteiger partial charge in [-0.25, -0.2) is 4.99 Å². The van der Waals surface area contributed by atoms with Gasteiger partial charge in [0.25, 0.3) is 0 Å². The Hall–Kier alpha value is -1.51. The lowest BCUT2D eigenvalue weighted by Gasteiger charge is -2.28. The minimum atomic E-state index is 0.507. The molecule has 2 atom stereocenters. The quantitative estimate of drug-likeness (QED) is 0.628. The third-order valence-electron chi connectivity index (χ3n) is 3.52. The van der Waals surface area contributed by atoms with Crippen molar-refractivity contribution in [2.24, 2.45) is 10.7 Å². The molecule has 2 rings (SSSR count). The van der Waals surface area contributed by atoms with E-state index in [0.717, 1.165) is 12.1 Å². The molecule has 1 fully saturated rings. The molecule has 0 spiro atoms. The van der Waals surface area contributed by atoms with E-state index in [-0.39, 0.29) is 0 Å². The lowest BCUT2D eigenvalue weighted by molar-refractivity contribution is 0.318. The van der Waals surface area contributed by atoms with Gasteiger partial charge in [0.05, 0.1) is 5.69 Å². The Morgan fingerprint density at radius 3 is 2.71 bits per heavy atom. The molecule has 1 aliphatic heterocycles. The average molecular weight is 231 g/mol. The summed E-state index contributed by atoms with van der Waals surface area (Å²) in [5.41, 5.74) is 7.07. The first-order valence-electron chi connectivity index (χ1n) is 6.40. The van der Waals surface area contributed by atoms with Crippen LogP contribution in [0.4, 0.5) is 5.69 Å². The Balaban J connectivity index is 2.18. The summed E-state index contributed by atoms with van der Waals surface area (Å²) in [6.45, 7) is 4.44. The minimum absolute atomic E-state index is 0.507. The molecule has 0 aromatic heterocycles. The molecular weight excluding hydrogens is 210 g/mol. The van der Waals surface area contributed by atoms with E-state index < -0.39 is 0 Å². The lowest BCUT2D eigenvalue weighted by Crippen LogP contribution is -2.44.